The van der Waals surface area contributed by atoms with E-state index in [1.165, 1.54) is 0 Å². The fraction of sp³-hybridized carbons (Fsp3) is 0.235. The van der Waals surface area contributed by atoms with Crippen molar-refractivity contribution in [2.45, 2.75) is 24.8 Å². The second-order valence-electron chi connectivity index (χ2n) is 5.64. The fourth-order valence-electron chi connectivity index (χ4n) is 2.71. The monoisotopic (exact) mass is 339 g/mol. The number of carbonyl (C=O) groups is 1. The number of thioether (sulfide) groups is 1. The summed E-state index contributed by atoms with van der Waals surface area (Å²) in [5.41, 5.74) is 2.60. The van der Waals surface area contributed by atoms with Gasteiger partial charge in [0, 0.05) is 36.5 Å². The van der Waals surface area contributed by atoms with Crippen LogP contribution in [0.3, 0.4) is 0 Å². The van der Waals surface area contributed by atoms with Crippen molar-refractivity contribution in [3.63, 3.8) is 0 Å². The van der Waals surface area contributed by atoms with Crippen LogP contribution in [0.15, 0.2) is 54.1 Å². The number of rotatable bonds is 5. The van der Waals surface area contributed by atoms with Gasteiger partial charge in [0.1, 0.15) is 0 Å². The van der Waals surface area contributed by atoms with Gasteiger partial charge in [0.05, 0.1) is 18.8 Å². The van der Waals surface area contributed by atoms with Gasteiger partial charge in [0.2, 0.25) is 0 Å². The van der Waals surface area contributed by atoms with Crippen molar-refractivity contribution in [3.05, 3.63) is 65.7 Å². The summed E-state index contributed by atoms with van der Waals surface area (Å²) in [6, 6.07) is 9.51. The van der Waals surface area contributed by atoms with Crippen molar-refractivity contribution in [2.24, 2.45) is 0 Å². The maximum Gasteiger partial charge on any atom is 0.251 e. The minimum atomic E-state index is -0.0851. The van der Waals surface area contributed by atoms with E-state index in [-0.39, 0.29) is 5.91 Å². The van der Waals surface area contributed by atoms with Gasteiger partial charge >= 0.3 is 0 Å². The Labute approximate surface area is 143 Å². The van der Waals surface area contributed by atoms with Crippen LogP contribution in [0.25, 0.3) is 0 Å². The first-order chi connectivity index (χ1) is 11.8. The lowest BCUT2D eigenvalue weighted by molar-refractivity contribution is 0.0950. The number of fused-ring (bicyclic) bond motifs is 1. The van der Waals surface area contributed by atoms with Gasteiger partial charge in [-0.25, -0.2) is 4.98 Å². The van der Waals surface area contributed by atoms with Gasteiger partial charge in [-0.15, -0.1) is 0 Å². The number of imidazole rings is 1. The molecule has 1 aliphatic heterocycles. The molecule has 24 heavy (non-hydrogen) atoms. The second-order valence-corrected chi connectivity index (χ2v) is 6.71. The molecule has 0 aliphatic carbocycles. The van der Waals surface area contributed by atoms with Crippen LogP contribution >= 0.6 is 11.8 Å². The first kappa shape index (κ1) is 15.0. The number of nitrogens with one attached hydrogen (secondary N) is 1. The van der Waals surface area contributed by atoms with Crippen LogP contribution in [0.4, 0.5) is 0 Å². The second kappa shape index (κ2) is 6.52. The number of carbonyl (C=O) groups excluding carboxylic acids is 1. The normalized spacial score (nSPS) is 13.0. The van der Waals surface area contributed by atoms with Gasteiger partial charge in [0.15, 0.2) is 5.16 Å². The van der Waals surface area contributed by atoms with Gasteiger partial charge in [-0.1, -0.05) is 23.9 Å². The smallest absolute Gasteiger partial charge is 0.251 e. The molecule has 0 radical (unpaired) electrons. The number of hydrogen-bond acceptors (Lipinski definition) is 4. The lowest BCUT2D eigenvalue weighted by Gasteiger charge is -2.06. The molecule has 0 saturated carbocycles. The molecule has 0 unspecified atom stereocenters. The summed E-state index contributed by atoms with van der Waals surface area (Å²) >= 11 is 1.75. The Morgan fingerprint density at radius 1 is 1.33 bits per heavy atom. The molecule has 7 heteroatoms. The Bertz CT molecular complexity index is 834. The third-order valence-electron chi connectivity index (χ3n) is 3.88. The molecule has 4 rings (SSSR count). The van der Waals surface area contributed by atoms with Crippen LogP contribution in [-0.4, -0.2) is 31.0 Å². The van der Waals surface area contributed by atoms with Crippen LogP contribution < -0.4 is 5.32 Å². The van der Waals surface area contributed by atoms with Crippen molar-refractivity contribution in [1.82, 2.24) is 24.6 Å². The third-order valence-corrected chi connectivity index (χ3v) is 4.85. The molecule has 122 valence electrons. The van der Waals surface area contributed by atoms with Crippen molar-refractivity contribution in [3.8, 4) is 0 Å². The fourth-order valence-corrected chi connectivity index (χ4v) is 3.67. The first-order valence-electron chi connectivity index (χ1n) is 7.81. The van der Waals surface area contributed by atoms with Crippen molar-refractivity contribution in [2.75, 3.05) is 5.75 Å². The molecule has 2 aromatic heterocycles. The van der Waals surface area contributed by atoms with Crippen LogP contribution in [-0.2, 0) is 19.6 Å². The van der Waals surface area contributed by atoms with E-state index in [9.17, 15) is 4.79 Å². The molecular formula is C17H17N5OS. The highest BCUT2D eigenvalue weighted by atomic mass is 32.2. The molecule has 0 atom stereocenters. The Morgan fingerprint density at radius 3 is 3.12 bits per heavy atom. The highest BCUT2D eigenvalue weighted by molar-refractivity contribution is 7.99. The van der Waals surface area contributed by atoms with Crippen LogP contribution in [0.5, 0.6) is 0 Å². The van der Waals surface area contributed by atoms with E-state index in [1.807, 2.05) is 47.4 Å². The predicted octanol–water partition coefficient (Wildman–Crippen LogP) is 2.16. The van der Waals surface area contributed by atoms with E-state index in [0.717, 1.165) is 28.7 Å². The first-order valence-corrected chi connectivity index (χ1v) is 8.80. The van der Waals surface area contributed by atoms with E-state index in [0.29, 0.717) is 18.7 Å². The molecule has 3 aromatic rings. The summed E-state index contributed by atoms with van der Waals surface area (Å²) in [5.74, 6) is 0.996. The van der Waals surface area contributed by atoms with Gasteiger partial charge in [0.25, 0.3) is 5.91 Å². The van der Waals surface area contributed by atoms with Crippen LogP contribution in [0, 0.1) is 0 Å². The predicted molar refractivity (Wildman–Crippen MR) is 91.9 cm³/mol. The Morgan fingerprint density at radius 2 is 2.29 bits per heavy atom. The average Bonchev–Trinajstić information content (AvgIpc) is 3.30. The number of benzene rings is 1. The summed E-state index contributed by atoms with van der Waals surface area (Å²) in [4.78, 5) is 16.9. The molecule has 0 saturated heterocycles. The Balaban J connectivity index is 1.40. The number of hydrogen-bond donors (Lipinski definition) is 1. The van der Waals surface area contributed by atoms with Crippen molar-refractivity contribution in [1.29, 1.82) is 0 Å². The minimum absolute atomic E-state index is 0.0851. The average molecular weight is 339 g/mol. The number of aromatic nitrogens is 4. The van der Waals surface area contributed by atoms with E-state index < -0.39 is 0 Å². The van der Waals surface area contributed by atoms with E-state index in [1.54, 1.807) is 18.0 Å². The molecule has 0 spiro atoms. The Hall–Kier alpha value is -2.54. The molecule has 0 bridgehead atoms. The van der Waals surface area contributed by atoms with E-state index >= 15 is 0 Å². The molecule has 1 aliphatic rings. The SMILES string of the molecule is O=C(NCc1cn2c(n1)SCC2)c1cccc(Cn2cccn2)c1. The maximum atomic E-state index is 12.4. The van der Waals surface area contributed by atoms with Crippen LogP contribution in [0.1, 0.15) is 21.6 Å². The number of nitrogens with zero attached hydrogens (tertiary/aromatic N) is 4. The molecule has 1 N–H and O–H groups in total. The quantitative estimate of drug-likeness (QED) is 0.774. The molecule has 3 heterocycles. The lowest BCUT2D eigenvalue weighted by atomic mass is 10.1. The van der Waals surface area contributed by atoms with Crippen molar-refractivity contribution < 1.29 is 4.79 Å². The molecule has 0 fully saturated rings. The van der Waals surface area contributed by atoms with Crippen LogP contribution in [0.2, 0.25) is 0 Å². The summed E-state index contributed by atoms with van der Waals surface area (Å²) in [7, 11) is 0. The van der Waals surface area contributed by atoms with E-state index in [4.69, 9.17) is 0 Å². The highest BCUT2D eigenvalue weighted by Gasteiger charge is 2.15. The Kier molecular flexibility index (Phi) is 4.08. The zero-order valence-corrected chi connectivity index (χ0v) is 13.9. The van der Waals surface area contributed by atoms with Gasteiger partial charge in [-0.2, -0.15) is 5.10 Å². The number of aryl methyl sites for hydroxylation is 1. The molecule has 6 nitrogen and oxygen atoms in total. The van der Waals surface area contributed by atoms with E-state index in [2.05, 4.69) is 20.0 Å². The minimum Gasteiger partial charge on any atom is -0.346 e. The third kappa shape index (κ3) is 3.21. The standard InChI is InChI=1S/C17H17N5OS/c23-16(18-10-15-12-21-7-8-24-17(21)20-15)14-4-1-3-13(9-14)11-22-6-2-5-19-22/h1-6,9,12H,7-8,10-11H2,(H,18,23). The summed E-state index contributed by atoms with van der Waals surface area (Å²) in [6.07, 6.45) is 5.67. The summed E-state index contributed by atoms with van der Waals surface area (Å²) in [6.45, 7) is 2.10. The topological polar surface area (TPSA) is 64.7 Å². The largest absolute Gasteiger partial charge is 0.346 e. The van der Waals surface area contributed by atoms with Gasteiger partial charge in [-0.05, 0) is 23.8 Å². The number of amides is 1. The zero-order chi connectivity index (χ0) is 16.4. The molecular weight excluding hydrogens is 322 g/mol. The molecule has 1 amide bonds. The lowest BCUT2D eigenvalue weighted by Crippen LogP contribution is -2.23. The summed E-state index contributed by atoms with van der Waals surface area (Å²) in [5, 5.41) is 8.18. The van der Waals surface area contributed by atoms with Gasteiger partial charge < -0.3 is 9.88 Å². The summed E-state index contributed by atoms with van der Waals surface area (Å²) < 4.78 is 3.97. The highest BCUT2D eigenvalue weighted by Crippen LogP contribution is 2.24. The molecule has 1 aromatic carbocycles. The van der Waals surface area contributed by atoms with Crippen molar-refractivity contribution >= 4 is 17.7 Å². The zero-order valence-electron chi connectivity index (χ0n) is 13.1. The van der Waals surface area contributed by atoms with Gasteiger partial charge in [-0.3, -0.25) is 9.48 Å². The maximum absolute atomic E-state index is 12.4.